The van der Waals surface area contributed by atoms with E-state index in [2.05, 4.69) is 4.90 Å². The zero-order chi connectivity index (χ0) is 17.6. The molecule has 0 spiro atoms. The van der Waals surface area contributed by atoms with Gasteiger partial charge in [-0.15, -0.1) is 0 Å². The molecule has 0 bridgehead atoms. The number of aliphatic hydroxyl groups excluding tert-OH is 1. The molecule has 1 heterocycles. The summed E-state index contributed by atoms with van der Waals surface area (Å²) in [5, 5.41) is 18.8. The minimum Gasteiger partial charge on any atom is -0.486 e. The third-order valence-electron chi connectivity index (χ3n) is 4.04. The van der Waals surface area contributed by atoms with Crippen LogP contribution in [-0.4, -0.2) is 53.0 Å². The molecule has 0 radical (unpaired) electrons. The van der Waals surface area contributed by atoms with E-state index < -0.39 is 12.1 Å². The second-order valence-corrected chi connectivity index (χ2v) is 6.06. The first kappa shape index (κ1) is 17.3. The smallest absolute Gasteiger partial charge is 0.341 e. The number of aliphatic hydroxyl groups is 1. The van der Waals surface area contributed by atoms with Crippen LogP contribution in [0.3, 0.4) is 0 Å². The number of carbonyl (C=O) groups is 1. The highest BCUT2D eigenvalue weighted by Crippen LogP contribution is 2.21. The molecule has 1 aliphatic rings. The largest absolute Gasteiger partial charge is 0.486 e. The molecule has 2 atom stereocenters. The number of hydrogen-bond acceptors (Lipinski definition) is 5. The number of carboxylic acids is 1. The van der Waals surface area contributed by atoms with Gasteiger partial charge in [0, 0.05) is 19.6 Å². The Morgan fingerprint density at radius 1 is 1.04 bits per heavy atom. The molecule has 6 heteroatoms. The fourth-order valence-electron chi connectivity index (χ4n) is 2.85. The van der Waals surface area contributed by atoms with Crippen LogP contribution in [0.25, 0.3) is 0 Å². The van der Waals surface area contributed by atoms with Gasteiger partial charge in [0.15, 0.2) is 6.61 Å². The summed E-state index contributed by atoms with van der Waals surface area (Å²) in [7, 11) is 0. The molecular weight excluding hydrogens is 322 g/mol. The lowest BCUT2D eigenvalue weighted by atomic mass is 10.2. The molecule has 1 aliphatic heterocycles. The quantitative estimate of drug-likeness (QED) is 0.798. The van der Waals surface area contributed by atoms with E-state index in [9.17, 15) is 9.90 Å². The van der Waals surface area contributed by atoms with Crippen LogP contribution in [0.1, 0.15) is 5.56 Å². The first-order valence-corrected chi connectivity index (χ1v) is 8.16. The number of nitrogens with zero attached hydrogens (tertiary/aromatic N) is 1. The topological polar surface area (TPSA) is 79.2 Å². The van der Waals surface area contributed by atoms with Gasteiger partial charge in [-0.2, -0.15) is 0 Å². The van der Waals surface area contributed by atoms with Crippen LogP contribution >= 0.6 is 0 Å². The van der Waals surface area contributed by atoms with Crippen molar-refractivity contribution in [3.05, 3.63) is 60.2 Å². The molecular formula is C19H21NO5. The van der Waals surface area contributed by atoms with Crippen molar-refractivity contribution in [3.8, 4) is 11.5 Å². The van der Waals surface area contributed by atoms with E-state index in [0.717, 1.165) is 11.3 Å². The number of carboxylic acid groups (broad SMARTS) is 1. The molecule has 25 heavy (non-hydrogen) atoms. The van der Waals surface area contributed by atoms with Gasteiger partial charge in [-0.3, -0.25) is 4.90 Å². The molecule has 132 valence electrons. The van der Waals surface area contributed by atoms with E-state index in [-0.39, 0.29) is 12.7 Å². The molecule has 0 aromatic heterocycles. The Bertz CT molecular complexity index is 689. The van der Waals surface area contributed by atoms with Crippen molar-refractivity contribution in [3.63, 3.8) is 0 Å². The number of hydrogen-bond donors (Lipinski definition) is 2. The van der Waals surface area contributed by atoms with Gasteiger partial charge in [-0.05, 0) is 29.8 Å². The number of ether oxygens (including phenoxy) is 2. The van der Waals surface area contributed by atoms with Gasteiger partial charge in [0.1, 0.15) is 23.7 Å². The Balaban J connectivity index is 1.52. The van der Waals surface area contributed by atoms with Gasteiger partial charge in [0.25, 0.3) is 0 Å². The maximum absolute atomic E-state index is 10.5. The van der Waals surface area contributed by atoms with E-state index in [4.69, 9.17) is 14.6 Å². The first-order chi connectivity index (χ1) is 12.1. The van der Waals surface area contributed by atoms with E-state index >= 15 is 0 Å². The zero-order valence-electron chi connectivity index (χ0n) is 13.7. The van der Waals surface area contributed by atoms with Crippen LogP contribution in [0.15, 0.2) is 54.6 Å². The molecule has 2 aromatic rings. The van der Waals surface area contributed by atoms with Gasteiger partial charge >= 0.3 is 5.97 Å². The van der Waals surface area contributed by atoms with Crippen LogP contribution < -0.4 is 9.47 Å². The Morgan fingerprint density at radius 3 is 2.44 bits per heavy atom. The summed E-state index contributed by atoms with van der Waals surface area (Å²) in [4.78, 5) is 12.6. The van der Waals surface area contributed by atoms with Crippen LogP contribution in [0.2, 0.25) is 0 Å². The molecule has 0 saturated carbocycles. The lowest BCUT2D eigenvalue weighted by Gasteiger charge is -2.17. The van der Waals surface area contributed by atoms with Gasteiger partial charge in [-0.25, -0.2) is 4.79 Å². The Morgan fingerprint density at radius 2 is 1.76 bits per heavy atom. The number of para-hydroxylation sites is 1. The second kappa shape index (κ2) is 8.00. The van der Waals surface area contributed by atoms with Crippen molar-refractivity contribution in [2.45, 2.75) is 18.8 Å². The summed E-state index contributed by atoms with van der Waals surface area (Å²) in [5.74, 6) is 0.283. The molecule has 0 aliphatic carbocycles. The van der Waals surface area contributed by atoms with E-state index in [1.165, 1.54) is 0 Å². The predicted octanol–water partition coefficient (Wildman–Crippen LogP) is 1.77. The van der Waals surface area contributed by atoms with Crippen molar-refractivity contribution in [1.29, 1.82) is 0 Å². The third kappa shape index (κ3) is 4.95. The fraction of sp³-hybridized carbons (Fsp3) is 0.316. The third-order valence-corrected chi connectivity index (χ3v) is 4.04. The second-order valence-electron chi connectivity index (χ2n) is 6.06. The average Bonchev–Trinajstić information content (AvgIpc) is 2.94. The van der Waals surface area contributed by atoms with Crippen molar-refractivity contribution < 1.29 is 24.5 Å². The van der Waals surface area contributed by atoms with Crippen molar-refractivity contribution in [2.24, 2.45) is 0 Å². The van der Waals surface area contributed by atoms with Gasteiger partial charge < -0.3 is 19.7 Å². The van der Waals surface area contributed by atoms with E-state index in [1.807, 2.05) is 42.5 Å². The monoisotopic (exact) mass is 343 g/mol. The highest BCUT2D eigenvalue weighted by atomic mass is 16.5. The minimum absolute atomic E-state index is 0.249. The van der Waals surface area contributed by atoms with Crippen LogP contribution in [0, 0.1) is 0 Å². The minimum atomic E-state index is -1.00. The van der Waals surface area contributed by atoms with Crippen molar-refractivity contribution in [2.75, 3.05) is 19.7 Å². The normalized spacial score (nSPS) is 20.4. The maximum Gasteiger partial charge on any atom is 0.341 e. The number of benzene rings is 2. The van der Waals surface area contributed by atoms with Gasteiger partial charge in [0.2, 0.25) is 0 Å². The molecule has 0 amide bonds. The summed E-state index contributed by atoms with van der Waals surface area (Å²) < 4.78 is 11.0. The predicted molar refractivity (Wildman–Crippen MR) is 91.7 cm³/mol. The first-order valence-electron chi connectivity index (χ1n) is 8.16. The summed E-state index contributed by atoms with van der Waals surface area (Å²) in [6, 6.07) is 16.8. The van der Waals surface area contributed by atoms with Gasteiger partial charge in [-0.1, -0.05) is 30.3 Å². The molecule has 2 N–H and O–H groups in total. The zero-order valence-corrected chi connectivity index (χ0v) is 13.7. The van der Waals surface area contributed by atoms with E-state index in [0.29, 0.717) is 25.4 Å². The molecule has 3 rings (SSSR count). The Labute approximate surface area is 146 Å². The Kier molecular flexibility index (Phi) is 5.53. The molecule has 6 nitrogen and oxygen atoms in total. The number of aliphatic carboxylic acids is 1. The number of β-amino-alcohol motifs (C(OH)–C–C–N with tert-alkyl or cyclic N) is 1. The standard InChI is InChI=1S/C19H21NO5/c21-17-11-20(12-18(17)25-16-4-2-1-3-5-16)10-14-6-8-15(9-7-14)24-13-19(22)23/h1-9,17-18,21H,10-13H2,(H,22,23)/t17-,18-/m1/s1. The van der Waals surface area contributed by atoms with Crippen molar-refractivity contribution in [1.82, 2.24) is 4.90 Å². The Hall–Kier alpha value is -2.57. The SMILES string of the molecule is O=C(O)COc1ccc(CN2C[C@@H](O)[C@H](Oc3ccccc3)C2)cc1. The van der Waals surface area contributed by atoms with Gasteiger partial charge in [0.05, 0.1) is 0 Å². The number of rotatable bonds is 7. The molecule has 1 fully saturated rings. The van der Waals surface area contributed by atoms with Crippen LogP contribution in [-0.2, 0) is 11.3 Å². The molecule has 0 unspecified atom stereocenters. The fourth-order valence-corrected chi connectivity index (χ4v) is 2.85. The summed E-state index contributed by atoms with van der Waals surface area (Å²) in [5.41, 5.74) is 1.07. The summed E-state index contributed by atoms with van der Waals surface area (Å²) >= 11 is 0. The number of likely N-dealkylation sites (tertiary alicyclic amines) is 1. The molecule has 2 aromatic carbocycles. The summed E-state index contributed by atoms with van der Waals surface area (Å²) in [6.07, 6.45) is -0.779. The maximum atomic E-state index is 10.5. The van der Waals surface area contributed by atoms with E-state index in [1.54, 1.807) is 12.1 Å². The summed E-state index contributed by atoms with van der Waals surface area (Å²) in [6.45, 7) is 1.53. The van der Waals surface area contributed by atoms with Crippen LogP contribution in [0.4, 0.5) is 0 Å². The van der Waals surface area contributed by atoms with Crippen LogP contribution in [0.5, 0.6) is 11.5 Å². The lowest BCUT2D eigenvalue weighted by molar-refractivity contribution is -0.139. The highest BCUT2D eigenvalue weighted by molar-refractivity contribution is 5.68. The van der Waals surface area contributed by atoms with Crippen molar-refractivity contribution >= 4 is 5.97 Å². The average molecular weight is 343 g/mol. The molecule has 1 saturated heterocycles. The highest BCUT2D eigenvalue weighted by Gasteiger charge is 2.32. The lowest BCUT2D eigenvalue weighted by Crippen LogP contribution is -2.29.